The maximum atomic E-state index is 12.0. The zero-order chi connectivity index (χ0) is 9.35. The highest BCUT2D eigenvalue weighted by molar-refractivity contribution is 14.1. The Hall–Kier alpha value is 0.0200. The van der Waals surface area contributed by atoms with Crippen LogP contribution in [0.5, 0.6) is 0 Å². The molecule has 1 heterocycles. The average molecular weight is 305 g/mol. The molecule has 0 amide bonds. The van der Waals surface area contributed by atoms with E-state index in [0.717, 1.165) is 6.07 Å². The quantitative estimate of drug-likeness (QED) is 0.442. The number of hydrogen-bond donors (Lipinski definition) is 1. The van der Waals surface area contributed by atoms with Crippen molar-refractivity contribution >= 4 is 35.2 Å². The van der Waals surface area contributed by atoms with Crippen LogP contribution in [0.1, 0.15) is 5.69 Å². The lowest BCUT2D eigenvalue weighted by molar-refractivity contribution is -0.141. The van der Waals surface area contributed by atoms with Crippen LogP contribution in [0.4, 0.5) is 13.2 Å². The molecule has 0 fully saturated rings. The predicted molar refractivity (Wildman–Crippen MR) is 49.2 cm³/mol. The summed E-state index contributed by atoms with van der Waals surface area (Å²) in [6.45, 7) is 0. The topological polar surface area (TPSA) is 12.9 Å². The Morgan fingerprint density at radius 2 is 1.92 bits per heavy atom. The van der Waals surface area contributed by atoms with E-state index in [1.807, 2.05) is 0 Å². The first-order valence-electron chi connectivity index (χ1n) is 2.84. The molecular weight excluding hydrogens is 302 g/mol. The summed E-state index contributed by atoms with van der Waals surface area (Å²) in [5.74, 6) is 0. The molecule has 0 aliphatic heterocycles. The third-order valence-corrected chi connectivity index (χ3v) is 2.73. The molecule has 6 heteroatoms. The summed E-state index contributed by atoms with van der Waals surface area (Å²) in [4.78, 5) is 3.78. The van der Waals surface area contributed by atoms with E-state index in [0.29, 0.717) is 4.90 Å². The van der Waals surface area contributed by atoms with Crippen molar-refractivity contribution in [2.45, 2.75) is 11.1 Å². The van der Waals surface area contributed by atoms with Crippen molar-refractivity contribution < 1.29 is 13.2 Å². The molecule has 0 aliphatic rings. The minimum absolute atomic E-state index is 0.255. The monoisotopic (exact) mass is 305 g/mol. The van der Waals surface area contributed by atoms with Gasteiger partial charge in [-0.05, 0) is 34.7 Å². The van der Waals surface area contributed by atoms with E-state index in [1.54, 1.807) is 22.6 Å². The van der Waals surface area contributed by atoms with Gasteiger partial charge in [-0.2, -0.15) is 13.2 Å². The van der Waals surface area contributed by atoms with Crippen LogP contribution in [-0.2, 0) is 6.18 Å². The summed E-state index contributed by atoms with van der Waals surface area (Å²) in [6, 6.07) is 2.19. The lowest BCUT2D eigenvalue weighted by Gasteiger charge is -2.05. The molecule has 0 atom stereocenters. The zero-order valence-electron chi connectivity index (χ0n) is 5.56. The molecule has 0 aliphatic carbocycles. The molecule has 0 radical (unpaired) electrons. The minimum Gasteiger partial charge on any atom is -0.236 e. The van der Waals surface area contributed by atoms with Gasteiger partial charge >= 0.3 is 6.18 Å². The van der Waals surface area contributed by atoms with Crippen LogP contribution in [0.2, 0.25) is 0 Å². The molecule has 0 bridgehead atoms. The first-order valence-corrected chi connectivity index (χ1v) is 4.36. The van der Waals surface area contributed by atoms with Gasteiger partial charge in [0.25, 0.3) is 0 Å². The van der Waals surface area contributed by atoms with E-state index in [9.17, 15) is 13.2 Å². The van der Waals surface area contributed by atoms with Crippen molar-refractivity contribution in [3.8, 4) is 0 Å². The number of nitrogens with zero attached hydrogens (tertiary/aromatic N) is 1. The zero-order valence-corrected chi connectivity index (χ0v) is 8.61. The van der Waals surface area contributed by atoms with Gasteiger partial charge < -0.3 is 0 Å². The molecule has 12 heavy (non-hydrogen) atoms. The summed E-state index contributed by atoms with van der Waals surface area (Å²) in [6.07, 6.45) is -4.37. The summed E-state index contributed by atoms with van der Waals surface area (Å²) >= 11 is 5.61. The van der Waals surface area contributed by atoms with Crippen molar-refractivity contribution in [1.82, 2.24) is 4.98 Å². The largest absolute Gasteiger partial charge is 0.433 e. The maximum Gasteiger partial charge on any atom is 0.433 e. The van der Waals surface area contributed by atoms with Gasteiger partial charge in [-0.1, -0.05) is 0 Å². The van der Waals surface area contributed by atoms with Crippen LogP contribution >= 0.6 is 35.2 Å². The average Bonchev–Trinajstić information content (AvgIpc) is 1.92. The highest BCUT2D eigenvalue weighted by Gasteiger charge is 2.32. The molecule has 0 saturated carbocycles. The highest BCUT2D eigenvalue weighted by atomic mass is 127. The molecular formula is C6H3F3INS. The number of thiol groups is 1. The summed E-state index contributed by atoms with van der Waals surface area (Å²) in [7, 11) is 0. The molecule has 0 unspecified atom stereocenters. The fourth-order valence-corrected chi connectivity index (χ4v) is 1.15. The lowest BCUT2D eigenvalue weighted by Crippen LogP contribution is -2.08. The summed E-state index contributed by atoms with van der Waals surface area (Å²) < 4.78 is 36.3. The van der Waals surface area contributed by atoms with Crippen molar-refractivity contribution in [3.05, 3.63) is 21.5 Å². The van der Waals surface area contributed by atoms with E-state index in [-0.39, 0.29) is 3.70 Å². The number of hydrogen-bond acceptors (Lipinski definition) is 2. The Balaban J connectivity index is 3.14. The second kappa shape index (κ2) is 3.41. The normalized spacial score (nSPS) is 11.8. The fraction of sp³-hybridized carbons (Fsp3) is 0.167. The van der Waals surface area contributed by atoms with E-state index in [1.165, 1.54) is 6.07 Å². The van der Waals surface area contributed by atoms with Crippen molar-refractivity contribution in [3.63, 3.8) is 0 Å². The molecule has 1 rings (SSSR count). The molecule has 66 valence electrons. The third-order valence-electron chi connectivity index (χ3n) is 1.12. The Labute approximate surface area is 85.9 Å². The number of aromatic nitrogens is 1. The smallest absolute Gasteiger partial charge is 0.236 e. The van der Waals surface area contributed by atoms with Gasteiger partial charge in [0.05, 0.1) is 0 Å². The molecule has 0 saturated heterocycles. The van der Waals surface area contributed by atoms with Crippen LogP contribution in [0.3, 0.4) is 0 Å². The van der Waals surface area contributed by atoms with Crippen molar-refractivity contribution in [1.29, 1.82) is 0 Å². The van der Waals surface area contributed by atoms with Gasteiger partial charge in [0.15, 0.2) is 0 Å². The Morgan fingerprint density at radius 1 is 1.33 bits per heavy atom. The second-order valence-electron chi connectivity index (χ2n) is 2.00. The standard InChI is InChI=1S/C6H3F3INS/c7-6(8,9)4-2-1-3(12)5(10)11-4/h1-2,12H. The Morgan fingerprint density at radius 3 is 2.33 bits per heavy atom. The summed E-state index contributed by atoms with van der Waals surface area (Å²) in [5, 5.41) is 0. The van der Waals surface area contributed by atoms with E-state index in [2.05, 4.69) is 17.6 Å². The van der Waals surface area contributed by atoms with E-state index < -0.39 is 11.9 Å². The molecule has 0 aromatic carbocycles. The van der Waals surface area contributed by atoms with Gasteiger partial charge in [-0.25, -0.2) is 4.98 Å². The number of pyridine rings is 1. The number of rotatable bonds is 0. The first kappa shape index (κ1) is 10.1. The summed E-state index contributed by atoms with van der Waals surface area (Å²) in [5.41, 5.74) is -0.885. The third kappa shape index (κ3) is 2.25. The molecule has 0 spiro atoms. The van der Waals surface area contributed by atoms with Crippen LogP contribution in [0.15, 0.2) is 17.0 Å². The number of alkyl halides is 3. The molecule has 1 aromatic rings. The Bertz CT molecular complexity index is 299. The van der Waals surface area contributed by atoms with Crippen LogP contribution in [-0.4, -0.2) is 4.98 Å². The van der Waals surface area contributed by atoms with Gasteiger partial charge in [-0.3, -0.25) is 0 Å². The number of halogens is 4. The molecule has 0 N–H and O–H groups in total. The molecule has 1 nitrogen and oxygen atoms in total. The van der Waals surface area contributed by atoms with Crippen LogP contribution in [0.25, 0.3) is 0 Å². The first-order chi connectivity index (χ1) is 5.41. The van der Waals surface area contributed by atoms with Crippen molar-refractivity contribution in [2.24, 2.45) is 0 Å². The fourth-order valence-electron chi connectivity index (χ4n) is 0.585. The Kier molecular flexibility index (Phi) is 2.87. The predicted octanol–water partition coefficient (Wildman–Crippen LogP) is 2.99. The van der Waals surface area contributed by atoms with E-state index >= 15 is 0 Å². The van der Waals surface area contributed by atoms with Crippen molar-refractivity contribution in [2.75, 3.05) is 0 Å². The highest BCUT2D eigenvalue weighted by Crippen LogP contribution is 2.29. The second-order valence-corrected chi connectivity index (χ2v) is 3.51. The van der Waals surface area contributed by atoms with Gasteiger partial charge in [0.2, 0.25) is 0 Å². The SMILES string of the molecule is FC(F)(F)c1ccc(S)c(I)n1. The minimum atomic E-state index is -4.37. The van der Waals surface area contributed by atoms with Crippen LogP contribution in [0, 0.1) is 3.70 Å². The van der Waals surface area contributed by atoms with Gasteiger partial charge in [0.1, 0.15) is 9.39 Å². The van der Waals surface area contributed by atoms with Crippen LogP contribution < -0.4 is 0 Å². The van der Waals surface area contributed by atoms with E-state index in [4.69, 9.17) is 0 Å². The lowest BCUT2D eigenvalue weighted by atomic mass is 10.3. The molecule has 1 aromatic heterocycles. The van der Waals surface area contributed by atoms with Gasteiger partial charge in [-0.15, -0.1) is 12.6 Å². The maximum absolute atomic E-state index is 12.0. The van der Waals surface area contributed by atoms with Gasteiger partial charge in [0, 0.05) is 4.90 Å².